The van der Waals surface area contributed by atoms with Gasteiger partial charge in [-0.1, -0.05) is 44.2 Å². The molecule has 5 heteroatoms. The standard InChI is InChI=1S/C25H28N2O3/c1-17(2)22-13-8-18(3)15-23(22)30-19(4)25(29)26-21-11-9-20(10-12-21)16-27-14-6-5-7-24(27)28/h5-15,17,19H,16H2,1-4H3,(H,26,29). The minimum absolute atomic E-state index is 0.0437. The zero-order chi connectivity index (χ0) is 21.7. The number of aromatic nitrogens is 1. The Bertz CT molecular complexity index is 1070. The van der Waals surface area contributed by atoms with Crippen LogP contribution < -0.4 is 15.6 Å². The Balaban J connectivity index is 1.64. The van der Waals surface area contributed by atoms with Crippen molar-refractivity contribution < 1.29 is 9.53 Å². The number of pyridine rings is 1. The normalized spacial score (nSPS) is 11.9. The Labute approximate surface area is 177 Å². The van der Waals surface area contributed by atoms with Crippen LogP contribution in [0.1, 0.15) is 43.4 Å². The number of nitrogens with zero attached hydrogens (tertiary/aromatic N) is 1. The van der Waals surface area contributed by atoms with E-state index in [4.69, 9.17) is 4.74 Å². The molecular formula is C25H28N2O3. The molecule has 3 rings (SSSR count). The Morgan fingerprint density at radius 2 is 1.77 bits per heavy atom. The fourth-order valence-electron chi connectivity index (χ4n) is 3.19. The van der Waals surface area contributed by atoms with Crippen LogP contribution in [-0.4, -0.2) is 16.6 Å². The molecular weight excluding hydrogens is 376 g/mol. The molecule has 1 aromatic heterocycles. The third-order valence-corrected chi connectivity index (χ3v) is 4.94. The maximum absolute atomic E-state index is 12.6. The van der Waals surface area contributed by atoms with E-state index in [0.717, 1.165) is 22.4 Å². The van der Waals surface area contributed by atoms with Gasteiger partial charge < -0.3 is 14.6 Å². The molecule has 156 valence electrons. The molecule has 0 saturated heterocycles. The van der Waals surface area contributed by atoms with Gasteiger partial charge in [0.1, 0.15) is 5.75 Å². The molecule has 3 aromatic rings. The van der Waals surface area contributed by atoms with Crippen LogP contribution in [0.25, 0.3) is 0 Å². The van der Waals surface area contributed by atoms with E-state index < -0.39 is 6.10 Å². The number of amides is 1. The molecule has 30 heavy (non-hydrogen) atoms. The number of ether oxygens (including phenoxy) is 1. The SMILES string of the molecule is Cc1ccc(C(C)C)c(OC(C)C(=O)Nc2ccc(Cn3ccccc3=O)cc2)c1. The number of carbonyl (C=O) groups is 1. The fourth-order valence-corrected chi connectivity index (χ4v) is 3.19. The van der Waals surface area contributed by atoms with Crippen molar-refractivity contribution in [2.75, 3.05) is 5.32 Å². The molecule has 1 heterocycles. The lowest BCUT2D eigenvalue weighted by atomic mass is 10.0. The van der Waals surface area contributed by atoms with Crippen LogP contribution >= 0.6 is 0 Å². The summed E-state index contributed by atoms with van der Waals surface area (Å²) in [6.45, 7) is 8.45. The molecule has 0 aliphatic heterocycles. The number of rotatable bonds is 7. The largest absolute Gasteiger partial charge is 0.481 e. The third-order valence-electron chi connectivity index (χ3n) is 4.94. The Morgan fingerprint density at radius 1 is 1.03 bits per heavy atom. The van der Waals surface area contributed by atoms with Gasteiger partial charge in [0.2, 0.25) is 0 Å². The second-order valence-electron chi connectivity index (χ2n) is 7.81. The number of benzene rings is 2. The van der Waals surface area contributed by atoms with Gasteiger partial charge in [-0.25, -0.2) is 0 Å². The molecule has 1 unspecified atom stereocenters. The van der Waals surface area contributed by atoms with E-state index in [1.165, 1.54) is 6.07 Å². The summed E-state index contributed by atoms with van der Waals surface area (Å²) in [5.41, 5.74) is 3.80. The van der Waals surface area contributed by atoms with E-state index in [9.17, 15) is 9.59 Å². The molecule has 0 aliphatic rings. The van der Waals surface area contributed by atoms with Crippen molar-refractivity contribution in [3.63, 3.8) is 0 Å². The minimum Gasteiger partial charge on any atom is -0.481 e. The lowest BCUT2D eigenvalue weighted by Crippen LogP contribution is -2.30. The van der Waals surface area contributed by atoms with Crippen LogP contribution in [0, 0.1) is 6.92 Å². The molecule has 0 saturated carbocycles. The summed E-state index contributed by atoms with van der Waals surface area (Å²) in [5.74, 6) is 0.843. The quantitative estimate of drug-likeness (QED) is 0.619. The van der Waals surface area contributed by atoms with Crippen LogP contribution in [-0.2, 0) is 11.3 Å². The molecule has 5 nitrogen and oxygen atoms in total. The summed E-state index contributed by atoms with van der Waals surface area (Å²) < 4.78 is 7.62. The zero-order valence-corrected chi connectivity index (χ0v) is 17.9. The highest BCUT2D eigenvalue weighted by Crippen LogP contribution is 2.28. The number of anilines is 1. The summed E-state index contributed by atoms with van der Waals surface area (Å²) in [6.07, 6.45) is 1.13. The predicted molar refractivity (Wildman–Crippen MR) is 120 cm³/mol. The predicted octanol–water partition coefficient (Wildman–Crippen LogP) is 4.73. The Kier molecular flexibility index (Phi) is 6.72. The van der Waals surface area contributed by atoms with Gasteiger partial charge in [-0.15, -0.1) is 0 Å². The highest BCUT2D eigenvalue weighted by Gasteiger charge is 2.18. The van der Waals surface area contributed by atoms with E-state index in [0.29, 0.717) is 18.2 Å². The van der Waals surface area contributed by atoms with Crippen LogP contribution in [0.2, 0.25) is 0 Å². The van der Waals surface area contributed by atoms with Crippen molar-refractivity contribution in [2.45, 2.75) is 46.3 Å². The molecule has 0 spiro atoms. The highest BCUT2D eigenvalue weighted by atomic mass is 16.5. The monoisotopic (exact) mass is 404 g/mol. The molecule has 2 aromatic carbocycles. The Morgan fingerprint density at radius 3 is 2.43 bits per heavy atom. The first-order chi connectivity index (χ1) is 14.3. The van der Waals surface area contributed by atoms with Crippen molar-refractivity contribution in [1.82, 2.24) is 4.57 Å². The summed E-state index contributed by atoms with van der Waals surface area (Å²) in [4.78, 5) is 24.5. The van der Waals surface area contributed by atoms with Crippen molar-refractivity contribution in [3.05, 3.63) is 93.9 Å². The van der Waals surface area contributed by atoms with Gasteiger partial charge in [0.05, 0.1) is 6.54 Å². The van der Waals surface area contributed by atoms with E-state index in [2.05, 4.69) is 31.3 Å². The first-order valence-corrected chi connectivity index (χ1v) is 10.2. The maximum atomic E-state index is 12.6. The van der Waals surface area contributed by atoms with Gasteiger partial charge in [-0.05, 0) is 60.7 Å². The molecule has 1 N–H and O–H groups in total. The lowest BCUT2D eigenvalue weighted by Gasteiger charge is -2.19. The zero-order valence-electron chi connectivity index (χ0n) is 17.9. The second kappa shape index (κ2) is 9.44. The molecule has 0 bridgehead atoms. The van der Waals surface area contributed by atoms with Crippen LogP contribution in [0.3, 0.4) is 0 Å². The van der Waals surface area contributed by atoms with E-state index in [1.807, 2.05) is 43.3 Å². The molecule has 1 atom stereocenters. The molecule has 0 fully saturated rings. The summed E-state index contributed by atoms with van der Waals surface area (Å²) in [5, 5.41) is 2.90. The third kappa shape index (κ3) is 5.38. The summed E-state index contributed by atoms with van der Waals surface area (Å²) in [6, 6.07) is 18.6. The van der Waals surface area contributed by atoms with E-state index in [1.54, 1.807) is 23.8 Å². The van der Waals surface area contributed by atoms with Crippen LogP contribution in [0.4, 0.5) is 5.69 Å². The van der Waals surface area contributed by atoms with Gasteiger partial charge in [-0.2, -0.15) is 0 Å². The fraction of sp³-hybridized carbons (Fsp3) is 0.280. The average Bonchev–Trinajstić information content (AvgIpc) is 2.71. The second-order valence-corrected chi connectivity index (χ2v) is 7.81. The van der Waals surface area contributed by atoms with Crippen molar-refractivity contribution in [1.29, 1.82) is 0 Å². The number of aryl methyl sites for hydroxylation is 1. The van der Waals surface area contributed by atoms with Gasteiger partial charge in [-0.3, -0.25) is 9.59 Å². The number of hydrogen-bond donors (Lipinski definition) is 1. The van der Waals surface area contributed by atoms with E-state index in [-0.39, 0.29) is 11.5 Å². The first-order valence-electron chi connectivity index (χ1n) is 10.2. The number of hydrogen-bond acceptors (Lipinski definition) is 3. The van der Waals surface area contributed by atoms with Crippen molar-refractivity contribution >= 4 is 11.6 Å². The number of nitrogens with one attached hydrogen (secondary N) is 1. The smallest absolute Gasteiger partial charge is 0.265 e. The van der Waals surface area contributed by atoms with Crippen LogP contribution in [0.15, 0.2) is 71.7 Å². The van der Waals surface area contributed by atoms with Gasteiger partial charge >= 0.3 is 0 Å². The molecule has 1 amide bonds. The minimum atomic E-state index is -0.633. The van der Waals surface area contributed by atoms with Crippen molar-refractivity contribution in [3.8, 4) is 5.75 Å². The maximum Gasteiger partial charge on any atom is 0.265 e. The molecule has 0 radical (unpaired) electrons. The van der Waals surface area contributed by atoms with Gasteiger partial charge in [0.25, 0.3) is 11.5 Å². The van der Waals surface area contributed by atoms with E-state index >= 15 is 0 Å². The Hall–Kier alpha value is -3.34. The van der Waals surface area contributed by atoms with Gasteiger partial charge in [0, 0.05) is 18.0 Å². The number of carbonyl (C=O) groups excluding carboxylic acids is 1. The summed E-state index contributed by atoms with van der Waals surface area (Å²) in [7, 11) is 0. The highest BCUT2D eigenvalue weighted by molar-refractivity contribution is 5.94. The topological polar surface area (TPSA) is 60.3 Å². The molecule has 0 aliphatic carbocycles. The van der Waals surface area contributed by atoms with Crippen molar-refractivity contribution in [2.24, 2.45) is 0 Å². The average molecular weight is 405 g/mol. The van der Waals surface area contributed by atoms with Gasteiger partial charge in [0.15, 0.2) is 6.10 Å². The summed E-state index contributed by atoms with van der Waals surface area (Å²) >= 11 is 0. The lowest BCUT2D eigenvalue weighted by molar-refractivity contribution is -0.122. The first kappa shape index (κ1) is 21.4. The van der Waals surface area contributed by atoms with Crippen LogP contribution in [0.5, 0.6) is 5.75 Å².